The van der Waals surface area contributed by atoms with Gasteiger partial charge in [-0.2, -0.15) is 5.12 Å². The second kappa shape index (κ2) is 4.22. The molecule has 0 unspecified atom stereocenters. The normalized spacial score (nSPS) is 10.6. The fraction of sp³-hybridized carbons (Fsp3) is 1.00. The van der Waals surface area contributed by atoms with E-state index in [-0.39, 0.29) is 12.1 Å². The molecule has 0 aliphatic heterocycles. The van der Waals surface area contributed by atoms with E-state index in [0.29, 0.717) is 0 Å². The Balaban J connectivity index is 3.71. The Morgan fingerprint density at radius 3 is 1.90 bits per heavy atom. The molecular formula is C6H15N3O. The minimum atomic E-state index is 0.111. The highest BCUT2D eigenvalue weighted by molar-refractivity contribution is 4.54. The number of nitrogens with one attached hydrogen (secondary N) is 1. The summed E-state index contributed by atoms with van der Waals surface area (Å²) in [7, 11) is 0. The largest absolute Gasteiger partial charge is 0.213 e. The van der Waals surface area contributed by atoms with Crippen LogP contribution in [0.5, 0.6) is 0 Å². The molecule has 0 aliphatic carbocycles. The van der Waals surface area contributed by atoms with Gasteiger partial charge in [-0.15, -0.1) is 4.91 Å². The van der Waals surface area contributed by atoms with Crippen LogP contribution in [0.15, 0.2) is 5.29 Å². The lowest BCUT2D eigenvalue weighted by Crippen LogP contribution is -2.42. The summed E-state index contributed by atoms with van der Waals surface area (Å²) in [5.74, 6) is 0. The Labute approximate surface area is 61.5 Å². The van der Waals surface area contributed by atoms with Crippen LogP contribution in [0.4, 0.5) is 0 Å². The van der Waals surface area contributed by atoms with Crippen molar-refractivity contribution in [3.63, 3.8) is 0 Å². The first-order valence-electron chi connectivity index (χ1n) is 3.46. The standard InChI is InChI=1S/C6H15N3O/c1-5(2)7-9(8-10)6(3)4/h5-7H,1-4H3. The minimum absolute atomic E-state index is 0.111. The maximum atomic E-state index is 10.1. The van der Waals surface area contributed by atoms with Gasteiger partial charge in [-0.1, -0.05) is 0 Å². The van der Waals surface area contributed by atoms with E-state index in [2.05, 4.69) is 10.7 Å². The fourth-order valence-corrected chi connectivity index (χ4v) is 0.531. The van der Waals surface area contributed by atoms with Crippen molar-refractivity contribution < 1.29 is 0 Å². The highest BCUT2D eigenvalue weighted by Gasteiger charge is 2.07. The second-order valence-electron chi connectivity index (χ2n) is 2.80. The van der Waals surface area contributed by atoms with Crippen LogP contribution in [-0.2, 0) is 0 Å². The van der Waals surface area contributed by atoms with E-state index in [1.165, 1.54) is 5.12 Å². The van der Waals surface area contributed by atoms with E-state index in [1.807, 2.05) is 27.7 Å². The van der Waals surface area contributed by atoms with Gasteiger partial charge < -0.3 is 0 Å². The quantitative estimate of drug-likeness (QED) is 0.479. The second-order valence-corrected chi connectivity index (χ2v) is 2.80. The Kier molecular flexibility index (Phi) is 3.95. The smallest absolute Gasteiger partial charge is 0.0686 e. The molecule has 10 heavy (non-hydrogen) atoms. The van der Waals surface area contributed by atoms with Crippen molar-refractivity contribution in [1.82, 2.24) is 10.5 Å². The maximum Gasteiger partial charge on any atom is 0.0686 e. The van der Waals surface area contributed by atoms with E-state index in [9.17, 15) is 4.91 Å². The fourth-order valence-electron chi connectivity index (χ4n) is 0.531. The van der Waals surface area contributed by atoms with Crippen molar-refractivity contribution in [3.05, 3.63) is 4.91 Å². The van der Waals surface area contributed by atoms with Crippen molar-refractivity contribution in [2.24, 2.45) is 5.29 Å². The molecule has 0 fully saturated rings. The van der Waals surface area contributed by atoms with Gasteiger partial charge in [-0.25, -0.2) is 5.43 Å². The Bertz CT molecular complexity index is 103. The molecule has 0 saturated heterocycles. The van der Waals surface area contributed by atoms with Gasteiger partial charge in [0.05, 0.1) is 11.3 Å². The first-order chi connectivity index (χ1) is 4.57. The van der Waals surface area contributed by atoms with Gasteiger partial charge in [0, 0.05) is 6.04 Å². The van der Waals surface area contributed by atoms with E-state index in [1.54, 1.807) is 0 Å². The predicted octanol–water partition coefficient (Wildman–Crippen LogP) is 1.29. The topological polar surface area (TPSA) is 44.7 Å². The van der Waals surface area contributed by atoms with Gasteiger partial charge in [0.1, 0.15) is 0 Å². The molecule has 0 bridgehead atoms. The molecule has 0 atom stereocenters. The summed E-state index contributed by atoms with van der Waals surface area (Å²) in [6.45, 7) is 7.72. The van der Waals surface area contributed by atoms with Gasteiger partial charge >= 0.3 is 0 Å². The van der Waals surface area contributed by atoms with Crippen LogP contribution in [-0.4, -0.2) is 17.2 Å². The van der Waals surface area contributed by atoms with Crippen molar-refractivity contribution in [2.75, 3.05) is 0 Å². The lowest BCUT2D eigenvalue weighted by atomic mass is 10.4. The van der Waals surface area contributed by atoms with Crippen molar-refractivity contribution in [2.45, 2.75) is 39.8 Å². The highest BCUT2D eigenvalue weighted by atomic mass is 16.3. The van der Waals surface area contributed by atoms with Crippen LogP contribution in [0.25, 0.3) is 0 Å². The molecule has 0 aromatic heterocycles. The van der Waals surface area contributed by atoms with E-state index < -0.39 is 0 Å². The average molecular weight is 145 g/mol. The molecule has 0 saturated carbocycles. The van der Waals surface area contributed by atoms with E-state index in [0.717, 1.165) is 0 Å². The maximum absolute atomic E-state index is 10.1. The van der Waals surface area contributed by atoms with Crippen LogP contribution >= 0.6 is 0 Å². The molecule has 0 radical (unpaired) electrons. The molecular weight excluding hydrogens is 130 g/mol. The lowest BCUT2D eigenvalue weighted by molar-refractivity contribution is 0.129. The summed E-state index contributed by atoms with van der Waals surface area (Å²) in [6.07, 6.45) is 0. The molecule has 60 valence electrons. The molecule has 0 rings (SSSR count). The van der Waals surface area contributed by atoms with Crippen LogP contribution in [0.3, 0.4) is 0 Å². The molecule has 4 heteroatoms. The highest BCUT2D eigenvalue weighted by Crippen LogP contribution is 1.94. The molecule has 0 aromatic carbocycles. The number of hydrogen-bond donors (Lipinski definition) is 1. The summed E-state index contributed by atoms with van der Waals surface area (Å²) >= 11 is 0. The zero-order valence-corrected chi connectivity index (χ0v) is 6.96. The van der Waals surface area contributed by atoms with Crippen LogP contribution in [0.1, 0.15) is 27.7 Å². The van der Waals surface area contributed by atoms with Gasteiger partial charge in [0.2, 0.25) is 0 Å². The molecule has 0 aliphatic rings. The SMILES string of the molecule is CC(C)NN(N=O)C(C)C. The van der Waals surface area contributed by atoms with Crippen LogP contribution in [0, 0.1) is 4.91 Å². The summed E-state index contributed by atoms with van der Waals surface area (Å²) in [4.78, 5) is 10.1. The van der Waals surface area contributed by atoms with Crippen molar-refractivity contribution in [1.29, 1.82) is 0 Å². The zero-order valence-electron chi connectivity index (χ0n) is 6.96. The van der Waals surface area contributed by atoms with Crippen LogP contribution < -0.4 is 5.43 Å². The number of rotatable bonds is 4. The third-order valence-corrected chi connectivity index (χ3v) is 0.968. The summed E-state index contributed by atoms with van der Waals surface area (Å²) in [6, 6.07) is 0.361. The number of nitroso groups, excluding NO2 is 1. The number of nitrogens with zero attached hydrogens (tertiary/aromatic N) is 2. The first kappa shape index (κ1) is 9.36. The molecule has 0 amide bonds. The Morgan fingerprint density at radius 2 is 1.80 bits per heavy atom. The van der Waals surface area contributed by atoms with Crippen molar-refractivity contribution >= 4 is 0 Å². The molecule has 4 nitrogen and oxygen atoms in total. The van der Waals surface area contributed by atoms with Gasteiger partial charge in [-0.05, 0) is 27.7 Å². The minimum Gasteiger partial charge on any atom is -0.213 e. The molecule has 0 spiro atoms. The summed E-state index contributed by atoms with van der Waals surface area (Å²) < 4.78 is 0. The zero-order chi connectivity index (χ0) is 8.15. The Morgan fingerprint density at radius 1 is 1.30 bits per heavy atom. The monoisotopic (exact) mass is 145 g/mol. The third-order valence-electron chi connectivity index (χ3n) is 0.968. The average Bonchev–Trinajstić information content (AvgIpc) is 1.81. The van der Waals surface area contributed by atoms with Gasteiger partial charge in [-0.3, -0.25) is 0 Å². The number of hydrogen-bond acceptors (Lipinski definition) is 3. The lowest BCUT2D eigenvalue weighted by Gasteiger charge is -2.22. The Hall–Kier alpha value is -0.640. The van der Waals surface area contributed by atoms with Gasteiger partial charge in [0.25, 0.3) is 0 Å². The van der Waals surface area contributed by atoms with Crippen molar-refractivity contribution in [3.8, 4) is 0 Å². The molecule has 0 aromatic rings. The van der Waals surface area contributed by atoms with E-state index in [4.69, 9.17) is 0 Å². The summed E-state index contributed by atoms with van der Waals surface area (Å²) in [5, 5.41) is 4.11. The summed E-state index contributed by atoms with van der Waals surface area (Å²) in [5.41, 5.74) is 2.88. The molecule has 0 heterocycles. The van der Waals surface area contributed by atoms with E-state index >= 15 is 0 Å². The molecule has 1 N–H and O–H groups in total. The number of hydrazine groups is 1. The third kappa shape index (κ3) is 3.40. The van der Waals surface area contributed by atoms with Crippen LogP contribution in [0.2, 0.25) is 0 Å². The van der Waals surface area contributed by atoms with Gasteiger partial charge in [0.15, 0.2) is 0 Å². The predicted molar refractivity (Wildman–Crippen MR) is 41.0 cm³/mol. The first-order valence-corrected chi connectivity index (χ1v) is 3.46.